The summed E-state index contributed by atoms with van der Waals surface area (Å²) in [5, 5.41) is 0.553. The number of rotatable bonds is 6. The number of methoxy groups -OCH3 is 2. The maximum absolute atomic E-state index is 13.5. The van der Waals surface area contributed by atoms with Gasteiger partial charge in [0.05, 0.1) is 24.4 Å². The van der Waals surface area contributed by atoms with Crippen molar-refractivity contribution in [2.75, 3.05) is 32.3 Å². The third kappa shape index (κ3) is 3.88. The number of thiazole rings is 1. The van der Waals surface area contributed by atoms with Crippen molar-refractivity contribution >= 4 is 38.5 Å². The van der Waals surface area contributed by atoms with Gasteiger partial charge in [-0.2, -0.15) is 0 Å². The van der Waals surface area contributed by atoms with Gasteiger partial charge in [-0.05, 0) is 30.7 Å². The minimum atomic E-state index is -0.263. The predicted octanol–water partition coefficient (Wildman–Crippen LogP) is 3.54. The van der Waals surface area contributed by atoms with Gasteiger partial charge in [0.25, 0.3) is 5.91 Å². The molecule has 1 fully saturated rings. The van der Waals surface area contributed by atoms with Crippen LogP contribution in [-0.4, -0.2) is 49.1 Å². The molecule has 3 aromatic rings. The molecule has 0 N–H and O–H groups in total. The number of likely N-dealkylation sites (tertiary alicyclic amines) is 1. The van der Waals surface area contributed by atoms with Crippen LogP contribution in [0.3, 0.4) is 0 Å². The molecule has 2 aromatic carbocycles. The van der Waals surface area contributed by atoms with E-state index in [-0.39, 0.29) is 18.5 Å². The van der Waals surface area contributed by atoms with Crippen molar-refractivity contribution < 1.29 is 19.1 Å². The summed E-state index contributed by atoms with van der Waals surface area (Å²) >= 11 is 1.43. The Hall–Kier alpha value is -3.13. The molecule has 0 atom stereocenters. The second-order valence-corrected chi connectivity index (χ2v) is 7.71. The maximum atomic E-state index is 13.5. The lowest BCUT2D eigenvalue weighted by atomic mass is 10.1. The molecule has 0 spiro atoms. The highest BCUT2D eigenvalue weighted by Gasteiger charge is 2.28. The average Bonchev–Trinajstić information content (AvgIpc) is 3.36. The lowest BCUT2D eigenvalue weighted by Crippen LogP contribution is -2.42. The van der Waals surface area contributed by atoms with Crippen LogP contribution in [0.4, 0.5) is 5.13 Å². The van der Waals surface area contributed by atoms with Gasteiger partial charge in [-0.25, -0.2) is 4.98 Å². The second-order valence-electron chi connectivity index (χ2n) is 6.70. The van der Waals surface area contributed by atoms with Crippen molar-refractivity contribution in [3.8, 4) is 11.5 Å². The Kier molecular flexibility index (Phi) is 5.35. The highest BCUT2D eigenvalue weighted by atomic mass is 32.1. The van der Waals surface area contributed by atoms with E-state index in [0.717, 1.165) is 16.6 Å². The van der Waals surface area contributed by atoms with Crippen LogP contribution in [-0.2, 0) is 4.79 Å². The Balaban J connectivity index is 1.74. The van der Waals surface area contributed by atoms with Crippen LogP contribution in [0.2, 0.25) is 0 Å². The van der Waals surface area contributed by atoms with Crippen molar-refractivity contribution in [3.63, 3.8) is 0 Å². The molecular weight excluding hydrogens is 390 g/mol. The van der Waals surface area contributed by atoms with Gasteiger partial charge >= 0.3 is 0 Å². The highest BCUT2D eigenvalue weighted by molar-refractivity contribution is 7.22. The van der Waals surface area contributed by atoms with E-state index < -0.39 is 0 Å². The molecule has 7 nitrogen and oxygen atoms in total. The summed E-state index contributed by atoms with van der Waals surface area (Å²) in [6.07, 6.45) is 1.31. The fourth-order valence-electron chi connectivity index (χ4n) is 3.30. The fraction of sp³-hybridized carbons (Fsp3) is 0.286. The summed E-state index contributed by atoms with van der Waals surface area (Å²) in [6.45, 7) is 0.798. The van der Waals surface area contributed by atoms with Gasteiger partial charge in [-0.3, -0.25) is 14.5 Å². The molecule has 0 bridgehead atoms. The van der Waals surface area contributed by atoms with E-state index in [1.54, 1.807) is 28.0 Å². The number of aromatic nitrogens is 1. The van der Waals surface area contributed by atoms with Crippen molar-refractivity contribution in [2.45, 2.75) is 12.8 Å². The van der Waals surface area contributed by atoms with Crippen LogP contribution in [0.1, 0.15) is 23.2 Å². The average molecular weight is 411 g/mol. The van der Waals surface area contributed by atoms with Gasteiger partial charge < -0.3 is 14.4 Å². The fourth-order valence-corrected chi connectivity index (χ4v) is 4.25. The number of nitrogens with zero attached hydrogens (tertiary/aromatic N) is 3. The summed E-state index contributed by atoms with van der Waals surface area (Å²) in [4.78, 5) is 33.6. The summed E-state index contributed by atoms with van der Waals surface area (Å²) in [6, 6.07) is 12.8. The predicted molar refractivity (Wildman–Crippen MR) is 112 cm³/mol. The minimum absolute atomic E-state index is 0.0483. The monoisotopic (exact) mass is 411 g/mol. The molecule has 1 aliphatic rings. The molecule has 1 aliphatic heterocycles. The summed E-state index contributed by atoms with van der Waals surface area (Å²) in [7, 11) is 3.08. The largest absolute Gasteiger partial charge is 0.497 e. The molecule has 2 amide bonds. The first-order valence-corrected chi connectivity index (χ1v) is 10.1. The maximum Gasteiger partial charge on any atom is 0.261 e. The van der Waals surface area contributed by atoms with Crippen LogP contribution in [0.25, 0.3) is 10.2 Å². The molecule has 150 valence electrons. The SMILES string of the molecule is COc1cc(OC)cc(C(=O)N(CN2CCCC2=O)c2nc3ccccc3s2)c1. The van der Waals surface area contributed by atoms with Crippen LogP contribution < -0.4 is 14.4 Å². The molecule has 0 aliphatic carbocycles. The highest BCUT2D eigenvalue weighted by Crippen LogP contribution is 2.31. The standard InChI is InChI=1S/C21H21N3O4S/c1-27-15-10-14(11-16(12-15)28-2)20(26)24(13-23-9-5-8-19(23)25)21-22-17-6-3-4-7-18(17)29-21/h3-4,6-7,10-12H,5,8-9,13H2,1-2H3. The first-order chi connectivity index (χ1) is 14.1. The zero-order valence-corrected chi connectivity index (χ0v) is 17.1. The summed E-state index contributed by atoms with van der Waals surface area (Å²) < 4.78 is 11.6. The Labute approximate surface area is 172 Å². The third-order valence-corrected chi connectivity index (χ3v) is 5.90. The van der Waals surface area contributed by atoms with E-state index in [1.807, 2.05) is 24.3 Å². The molecule has 0 saturated carbocycles. The zero-order chi connectivity index (χ0) is 20.4. The van der Waals surface area contributed by atoms with Gasteiger partial charge in [-0.1, -0.05) is 23.5 Å². The van der Waals surface area contributed by atoms with E-state index in [0.29, 0.717) is 35.2 Å². The van der Waals surface area contributed by atoms with E-state index in [2.05, 4.69) is 4.98 Å². The number of fused-ring (bicyclic) bond motifs is 1. The van der Waals surface area contributed by atoms with Crippen molar-refractivity contribution in [2.24, 2.45) is 0 Å². The van der Waals surface area contributed by atoms with Crippen LogP contribution >= 0.6 is 11.3 Å². The van der Waals surface area contributed by atoms with Crippen LogP contribution in [0.5, 0.6) is 11.5 Å². The summed E-state index contributed by atoms with van der Waals surface area (Å²) in [5.74, 6) is 0.830. The number of para-hydroxylation sites is 1. The topological polar surface area (TPSA) is 72.0 Å². The van der Waals surface area contributed by atoms with Crippen molar-refractivity contribution in [1.82, 2.24) is 9.88 Å². The second kappa shape index (κ2) is 8.08. The molecule has 29 heavy (non-hydrogen) atoms. The van der Waals surface area contributed by atoms with Gasteiger partial charge in [0.2, 0.25) is 5.91 Å². The van der Waals surface area contributed by atoms with Crippen molar-refractivity contribution in [3.05, 3.63) is 48.0 Å². The van der Waals surface area contributed by atoms with E-state index in [4.69, 9.17) is 9.47 Å². The Morgan fingerprint density at radius 1 is 1.17 bits per heavy atom. The number of carbonyl (C=O) groups is 2. The number of benzene rings is 2. The van der Waals surface area contributed by atoms with Gasteiger partial charge in [0.1, 0.15) is 18.2 Å². The number of amides is 2. The van der Waals surface area contributed by atoms with Gasteiger partial charge in [0, 0.05) is 24.6 Å². The van der Waals surface area contributed by atoms with Crippen molar-refractivity contribution in [1.29, 1.82) is 0 Å². The number of ether oxygens (including phenoxy) is 2. The van der Waals surface area contributed by atoms with Gasteiger partial charge in [0.15, 0.2) is 5.13 Å². The van der Waals surface area contributed by atoms with E-state index in [1.165, 1.54) is 25.6 Å². The third-order valence-electron chi connectivity index (χ3n) is 4.84. The summed E-state index contributed by atoms with van der Waals surface area (Å²) in [5.41, 5.74) is 1.23. The Morgan fingerprint density at radius 3 is 2.52 bits per heavy atom. The van der Waals surface area contributed by atoms with E-state index >= 15 is 0 Å². The normalized spacial score (nSPS) is 13.7. The molecular formula is C21H21N3O4S. The number of anilines is 1. The lowest BCUT2D eigenvalue weighted by Gasteiger charge is -2.26. The number of carbonyl (C=O) groups excluding carboxylic acids is 2. The first-order valence-electron chi connectivity index (χ1n) is 9.27. The smallest absolute Gasteiger partial charge is 0.261 e. The molecule has 0 unspecified atom stereocenters. The Morgan fingerprint density at radius 2 is 1.90 bits per heavy atom. The number of hydrogen-bond acceptors (Lipinski definition) is 6. The molecule has 1 aromatic heterocycles. The van der Waals surface area contributed by atoms with Crippen LogP contribution in [0, 0.1) is 0 Å². The zero-order valence-electron chi connectivity index (χ0n) is 16.3. The lowest BCUT2D eigenvalue weighted by molar-refractivity contribution is -0.127. The molecule has 1 saturated heterocycles. The van der Waals surface area contributed by atoms with Gasteiger partial charge in [-0.15, -0.1) is 0 Å². The van der Waals surface area contributed by atoms with Crippen LogP contribution in [0.15, 0.2) is 42.5 Å². The first kappa shape index (κ1) is 19.2. The molecule has 4 rings (SSSR count). The molecule has 2 heterocycles. The quantitative estimate of drug-likeness (QED) is 0.620. The molecule has 8 heteroatoms. The Bertz CT molecular complexity index is 1010. The molecule has 0 radical (unpaired) electrons. The minimum Gasteiger partial charge on any atom is -0.497 e. The number of hydrogen-bond donors (Lipinski definition) is 0. The van der Waals surface area contributed by atoms with E-state index in [9.17, 15) is 9.59 Å².